The molecule has 114 valence electrons. The van der Waals surface area contributed by atoms with Crippen molar-refractivity contribution in [2.45, 2.75) is 38.5 Å². The molecule has 2 aromatic rings. The van der Waals surface area contributed by atoms with Crippen LogP contribution in [0.2, 0.25) is 0 Å². The molecule has 3 nitrogen and oxygen atoms in total. The minimum absolute atomic E-state index is 0.0910. The molecule has 0 radical (unpaired) electrons. The number of methoxy groups -OCH3 is 1. The van der Waals surface area contributed by atoms with Crippen molar-refractivity contribution in [1.29, 1.82) is 0 Å². The van der Waals surface area contributed by atoms with Crippen LogP contribution in [0.3, 0.4) is 0 Å². The lowest BCUT2D eigenvalue weighted by Crippen LogP contribution is -2.25. The Morgan fingerprint density at radius 3 is 2.73 bits per heavy atom. The zero-order valence-corrected chi connectivity index (χ0v) is 13.3. The minimum atomic E-state index is -0.153. The number of aliphatic imine (C=N–C) groups is 1. The van der Waals surface area contributed by atoms with Crippen molar-refractivity contribution in [1.82, 2.24) is 0 Å². The number of fused-ring (bicyclic) bond motifs is 3. The Hall–Kier alpha value is -2.16. The Bertz CT molecular complexity index is 759. The number of hydrogen-bond acceptors (Lipinski definition) is 3. The molecular weight excluding hydrogens is 274 g/mol. The van der Waals surface area contributed by atoms with Gasteiger partial charge in [0.15, 0.2) is 0 Å². The van der Waals surface area contributed by atoms with E-state index in [1.807, 2.05) is 0 Å². The van der Waals surface area contributed by atoms with E-state index in [2.05, 4.69) is 50.2 Å². The Kier molecular flexibility index (Phi) is 3.73. The first-order chi connectivity index (χ1) is 10.5. The second kappa shape index (κ2) is 5.56. The Morgan fingerprint density at radius 1 is 1.18 bits per heavy atom. The monoisotopic (exact) mass is 295 g/mol. The third-order valence-corrected chi connectivity index (χ3v) is 4.53. The van der Waals surface area contributed by atoms with Gasteiger partial charge in [0.05, 0.1) is 12.8 Å². The fourth-order valence-corrected chi connectivity index (χ4v) is 3.31. The predicted molar refractivity (Wildman–Crippen MR) is 89.9 cm³/mol. The molecule has 22 heavy (non-hydrogen) atoms. The quantitative estimate of drug-likeness (QED) is 0.776. The molecular formula is C19H21NO2. The lowest BCUT2D eigenvalue weighted by molar-refractivity contribution is -0.140. The molecule has 0 amide bonds. The third-order valence-electron chi connectivity index (χ3n) is 4.53. The summed E-state index contributed by atoms with van der Waals surface area (Å²) in [5.41, 5.74) is 3.44. The van der Waals surface area contributed by atoms with Gasteiger partial charge in [-0.2, -0.15) is 0 Å². The summed E-state index contributed by atoms with van der Waals surface area (Å²) in [6.07, 6.45) is 2.05. The standard InChI is InChI=1S/C19H21NO2/c1-19(2)16(9-6-10-17(21)22-3)20-15-12-11-13-7-4-5-8-14(13)18(15)19/h4-5,7-8,11-12H,6,9-10H2,1-3H3. The van der Waals surface area contributed by atoms with E-state index in [9.17, 15) is 4.79 Å². The molecule has 0 saturated carbocycles. The van der Waals surface area contributed by atoms with Crippen molar-refractivity contribution in [2.24, 2.45) is 4.99 Å². The van der Waals surface area contributed by atoms with E-state index in [4.69, 9.17) is 9.73 Å². The summed E-state index contributed by atoms with van der Waals surface area (Å²) in [4.78, 5) is 16.1. The first-order valence-corrected chi connectivity index (χ1v) is 7.71. The highest BCUT2D eigenvalue weighted by Crippen LogP contribution is 2.45. The topological polar surface area (TPSA) is 38.7 Å². The smallest absolute Gasteiger partial charge is 0.305 e. The van der Waals surface area contributed by atoms with Gasteiger partial charge >= 0.3 is 5.97 Å². The molecule has 0 atom stereocenters. The van der Waals surface area contributed by atoms with Crippen molar-refractivity contribution in [3.63, 3.8) is 0 Å². The number of carbonyl (C=O) groups excluding carboxylic acids is 1. The molecule has 2 aromatic carbocycles. The van der Waals surface area contributed by atoms with E-state index in [0.29, 0.717) is 6.42 Å². The number of nitrogens with zero attached hydrogens (tertiary/aromatic N) is 1. The van der Waals surface area contributed by atoms with Crippen molar-refractivity contribution in [3.05, 3.63) is 42.0 Å². The van der Waals surface area contributed by atoms with Gasteiger partial charge in [0.1, 0.15) is 0 Å². The van der Waals surface area contributed by atoms with Crippen molar-refractivity contribution >= 4 is 28.1 Å². The summed E-state index contributed by atoms with van der Waals surface area (Å²) < 4.78 is 4.71. The summed E-state index contributed by atoms with van der Waals surface area (Å²) in [5, 5.41) is 2.53. The zero-order valence-electron chi connectivity index (χ0n) is 13.3. The molecule has 1 aliphatic rings. The van der Waals surface area contributed by atoms with Crippen LogP contribution in [0.25, 0.3) is 10.8 Å². The van der Waals surface area contributed by atoms with Gasteiger partial charge < -0.3 is 4.74 Å². The van der Waals surface area contributed by atoms with Gasteiger partial charge in [-0.3, -0.25) is 9.79 Å². The molecule has 0 fully saturated rings. The third kappa shape index (κ3) is 2.41. The number of carbonyl (C=O) groups is 1. The maximum atomic E-state index is 11.3. The first-order valence-electron chi connectivity index (χ1n) is 7.71. The van der Waals surface area contributed by atoms with E-state index in [-0.39, 0.29) is 11.4 Å². The summed E-state index contributed by atoms with van der Waals surface area (Å²) >= 11 is 0. The van der Waals surface area contributed by atoms with Crippen molar-refractivity contribution in [2.75, 3.05) is 7.11 Å². The van der Waals surface area contributed by atoms with Crippen LogP contribution in [-0.4, -0.2) is 18.8 Å². The minimum Gasteiger partial charge on any atom is -0.469 e. The average Bonchev–Trinajstić information content (AvgIpc) is 2.78. The van der Waals surface area contributed by atoms with Gasteiger partial charge in [0, 0.05) is 17.5 Å². The Labute approximate surface area is 131 Å². The number of esters is 1. The first kappa shape index (κ1) is 14.8. The summed E-state index contributed by atoms with van der Waals surface area (Å²) in [7, 11) is 1.43. The van der Waals surface area contributed by atoms with Crippen LogP contribution in [0.5, 0.6) is 0 Å². The van der Waals surface area contributed by atoms with E-state index in [1.54, 1.807) is 0 Å². The average molecular weight is 295 g/mol. The fourth-order valence-electron chi connectivity index (χ4n) is 3.31. The zero-order chi connectivity index (χ0) is 15.7. The van der Waals surface area contributed by atoms with Crippen LogP contribution >= 0.6 is 0 Å². The van der Waals surface area contributed by atoms with E-state index in [1.165, 1.54) is 23.4 Å². The van der Waals surface area contributed by atoms with Crippen molar-refractivity contribution in [3.8, 4) is 0 Å². The summed E-state index contributed by atoms with van der Waals surface area (Å²) in [5.74, 6) is -0.153. The Morgan fingerprint density at radius 2 is 1.95 bits per heavy atom. The number of hydrogen-bond donors (Lipinski definition) is 0. The molecule has 0 unspecified atom stereocenters. The molecule has 3 heteroatoms. The highest BCUT2D eigenvalue weighted by atomic mass is 16.5. The molecule has 0 aliphatic carbocycles. The van der Waals surface area contributed by atoms with Gasteiger partial charge in [-0.1, -0.05) is 44.2 Å². The van der Waals surface area contributed by atoms with Gasteiger partial charge in [-0.05, 0) is 35.2 Å². The van der Waals surface area contributed by atoms with Crippen LogP contribution in [0.1, 0.15) is 38.7 Å². The predicted octanol–water partition coefficient (Wildman–Crippen LogP) is 4.55. The van der Waals surface area contributed by atoms with Gasteiger partial charge in [-0.25, -0.2) is 0 Å². The largest absolute Gasteiger partial charge is 0.469 e. The number of rotatable bonds is 4. The highest BCUT2D eigenvalue weighted by Gasteiger charge is 2.35. The molecule has 1 aliphatic heterocycles. The molecule has 0 N–H and O–H groups in total. The van der Waals surface area contributed by atoms with E-state index < -0.39 is 0 Å². The SMILES string of the molecule is COC(=O)CCCC1=Nc2ccc3ccccc3c2C1(C)C. The molecule has 0 saturated heterocycles. The molecule has 3 rings (SSSR count). The van der Waals surface area contributed by atoms with Crippen LogP contribution in [-0.2, 0) is 14.9 Å². The highest BCUT2D eigenvalue weighted by molar-refractivity contribution is 6.07. The number of ether oxygens (including phenoxy) is 1. The van der Waals surface area contributed by atoms with Crippen LogP contribution < -0.4 is 0 Å². The summed E-state index contributed by atoms with van der Waals surface area (Å²) in [6.45, 7) is 4.45. The van der Waals surface area contributed by atoms with Gasteiger partial charge in [-0.15, -0.1) is 0 Å². The van der Waals surface area contributed by atoms with Crippen molar-refractivity contribution < 1.29 is 9.53 Å². The van der Waals surface area contributed by atoms with Gasteiger partial charge in [0.2, 0.25) is 0 Å². The molecule has 0 spiro atoms. The second-order valence-electron chi connectivity index (χ2n) is 6.29. The second-order valence-corrected chi connectivity index (χ2v) is 6.29. The van der Waals surface area contributed by atoms with Crippen LogP contribution in [0, 0.1) is 0 Å². The normalized spacial score (nSPS) is 15.5. The summed E-state index contributed by atoms with van der Waals surface area (Å²) in [6, 6.07) is 12.7. The number of benzene rings is 2. The molecule has 0 aromatic heterocycles. The molecule has 1 heterocycles. The Balaban J connectivity index is 1.90. The maximum absolute atomic E-state index is 11.3. The fraction of sp³-hybridized carbons (Fsp3) is 0.368. The maximum Gasteiger partial charge on any atom is 0.305 e. The van der Waals surface area contributed by atoms with Crippen LogP contribution in [0.15, 0.2) is 41.4 Å². The van der Waals surface area contributed by atoms with E-state index >= 15 is 0 Å². The van der Waals surface area contributed by atoms with E-state index in [0.717, 1.165) is 24.2 Å². The molecule has 0 bridgehead atoms. The lowest BCUT2D eigenvalue weighted by atomic mass is 9.78. The lowest BCUT2D eigenvalue weighted by Gasteiger charge is -2.24. The van der Waals surface area contributed by atoms with Crippen LogP contribution in [0.4, 0.5) is 5.69 Å². The van der Waals surface area contributed by atoms with Gasteiger partial charge in [0.25, 0.3) is 0 Å².